The Hall–Kier alpha value is -3.11. The van der Waals surface area contributed by atoms with Gasteiger partial charge in [-0.25, -0.2) is 4.98 Å². The van der Waals surface area contributed by atoms with E-state index in [1.165, 1.54) is 0 Å². The van der Waals surface area contributed by atoms with Gasteiger partial charge >= 0.3 is 0 Å². The standard InChI is InChI=1S/C23H19ClN2O2/c1-13-4-6-16(10-15(13)3)22(27)25-18-8-9-21-20(12-18)26-23(28-21)17-7-5-14(2)19(24)11-17/h4-12H,1-3H3,(H,25,27). The Morgan fingerprint density at radius 1 is 0.929 bits per heavy atom. The Morgan fingerprint density at radius 3 is 2.46 bits per heavy atom. The van der Waals surface area contributed by atoms with Crippen LogP contribution < -0.4 is 5.32 Å². The van der Waals surface area contributed by atoms with Gasteiger partial charge in [-0.1, -0.05) is 23.7 Å². The van der Waals surface area contributed by atoms with Gasteiger partial charge in [0.25, 0.3) is 5.91 Å². The number of nitrogens with one attached hydrogen (secondary N) is 1. The molecular weight excluding hydrogens is 372 g/mol. The molecule has 4 aromatic rings. The van der Waals surface area contributed by atoms with Gasteiger partial charge < -0.3 is 9.73 Å². The van der Waals surface area contributed by atoms with Gasteiger partial charge in [0, 0.05) is 21.8 Å². The molecule has 140 valence electrons. The molecule has 5 heteroatoms. The number of carbonyl (C=O) groups is 1. The minimum atomic E-state index is -0.156. The summed E-state index contributed by atoms with van der Waals surface area (Å²) in [5, 5.41) is 3.59. The van der Waals surface area contributed by atoms with Crippen LogP contribution in [-0.4, -0.2) is 10.9 Å². The highest BCUT2D eigenvalue weighted by atomic mass is 35.5. The third-order valence-corrected chi connectivity index (χ3v) is 5.24. The summed E-state index contributed by atoms with van der Waals surface area (Å²) in [6, 6.07) is 16.8. The molecule has 0 unspecified atom stereocenters. The van der Waals surface area contributed by atoms with Crippen molar-refractivity contribution < 1.29 is 9.21 Å². The van der Waals surface area contributed by atoms with Crippen molar-refractivity contribution in [1.29, 1.82) is 0 Å². The number of aryl methyl sites for hydroxylation is 3. The third kappa shape index (κ3) is 3.51. The molecule has 1 amide bonds. The number of nitrogens with zero attached hydrogens (tertiary/aromatic N) is 1. The number of carbonyl (C=O) groups excluding carboxylic acids is 1. The van der Waals surface area contributed by atoms with E-state index in [0.717, 1.165) is 22.3 Å². The second kappa shape index (κ2) is 7.13. The van der Waals surface area contributed by atoms with Crippen LogP contribution in [-0.2, 0) is 0 Å². The van der Waals surface area contributed by atoms with Gasteiger partial charge in [-0.2, -0.15) is 0 Å². The molecule has 0 spiro atoms. The number of hydrogen-bond donors (Lipinski definition) is 1. The third-order valence-electron chi connectivity index (χ3n) is 4.83. The average molecular weight is 391 g/mol. The van der Waals surface area contributed by atoms with Crippen LogP contribution in [0.5, 0.6) is 0 Å². The van der Waals surface area contributed by atoms with Crippen molar-refractivity contribution in [1.82, 2.24) is 4.98 Å². The number of fused-ring (bicyclic) bond motifs is 1. The highest BCUT2D eigenvalue weighted by molar-refractivity contribution is 6.31. The predicted octanol–water partition coefficient (Wildman–Crippen LogP) is 6.33. The van der Waals surface area contributed by atoms with E-state index in [1.807, 2.05) is 57.2 Å². The molecule has 0 atom stereocenters. The summed E-state index contributed by atoms with van der Waals surface area (Å²) < 4.78 is 5.84. The van der Waals surface area contributed by atoms with Crippen molar-refractivity contribution in [3.63, 3.8) is 0 Å². The number of benzene rings is 3. The van der Waals surface area contributed by atoms with E-state index < -0.39 is 0 Å². The zero-order chi connectivity index (χ0) is 19.8. The van der Waals surface area contributed by atoms with Crippen LogP contribution in [0.15, 0.2) is 59.0 Å². The van der Waals surface area contributed by atoms with Crippen molar-refractivity contribution in [2.75, 3.05) is 5.32 Å². The lowest BCUT2D eigenvalue weighted by atomic mass is 10.1. The lowest BCUT2D eigenvalue weighted by Crippen LogP contribution is -2.12. The molecule has 1 N–H and O–H groups in total. The van der Waals surface area contributed by atoms with Crippen LogP contribution in [0.1, 0.15) is 27.0 Å². The fourth-order valence-corrected chi connectivity index (χ4v) is 3.12. The van der Waals surface area contributed by atoms with E-state index in [9.17, 15) is 4.79 Å². The summed E-state index contributed by atoms with van der Waals surface area (Å²) in [7, 11) is 0. The first kappa shape index (κ1) is 18.3. The zero-order valence-corrected chi connectivity index (χ0v) is 16.6. The van der Waals surface area contributed by atoms with E-state index >= 15 is 0 Å². The smallest absolute Gasteiger partial charge is 0.255 e. The highest BCUT2D eigenvalue weighted by Crippen LogP contribution is 2.29. The Bertz CT molecular complexity index is 1210. The summed E-state index contributed by atoms with van der Waals surface area (Å²) in [5.74, 6) is 0.339. The lowest BCUT2D eigenvalue weighted by Gasteiger charge is -2.07. The summed E-state index contributed by atoms with van der Waals surface area (Å²) in [6.07, 6.45) is 0. The molecule has 0 aliphatic heterocycles. The molecule has 3 aromatic carbocycles. The number of anilines is 1. The number of oxazole rings is 1. The van der Waals surface area contributed by atoms with Crippen molar-refractivity contribution in [3.05, 3.63) is 81.9 Å². The molecule has 4 nitrogen and oxygen atoms in total. The van der Waals surface area contributed by atoms with Gasteiger partial charge in [-0.05, 0) is 79.9 Å². The van der Waals surface area contributed by atoms with E-state index in [0.29, 0.717) is 33.3 Å². The molecule has 0 fully saturated rings. The molecule has 0 aliphatic carbocycles. The maximum Gasteiger partial charge on any atom is 0.255 e. The molecule has 28 heavy (non-hydrogen) atoms. The van der Waals surface area contributed by atoms with E-state index in [-0.39, 0.29) is 5.91 Å². The number of amides is 1. The van der Waals surface area contributed by atoms with Gasteiger partial charge in [0.2, 0.25) is 5.89 Å². The molecule has 0 saturated carbocycles. The van der Waals surface area contributed by atoms with E-state index in [4.69, 9.17) is 16.0 Å². The fourth-order valence-electron chi connectivity index (χ4n) is 2.94. The maximum absolute atomic E-state index is 12.5. The Morgan fingerprint density at radius 2 is 1.71 bits per heavy atom. The Labute approximate surface area is 168 Å². The minimum absolute atomic E-state index is 0.156. The van der Waals surface area contributed by atoms with Crippen LogP contribution in [0.4, 0.5) is 5.69 Å². The van der Waals surface area contributed by atoms with Gasteiger partial charge in [0.05, 0.1) is 0 Å². The predicted molar refractivity (Wildman–Crippen MR) is 113 cm³/mol. The molecule has 0 radical (unpaired) electrons. The first-order chi connectivity index (χ1) is 13.4. The normalized spacial score (nSPS) is 11.0. The molecule has 1 aromatic heterocycles. The number of rotatable bonds is 3. The highest BCUT2D eigenvalue weighted by Gasteiger charge is 2.12. The van der Waals surface area contributed by atoms with Crippen LogP contribution in [0.25, 0.3) is 22.6 Å². The monoisotopic (exact) mass is 390 g/mol. The fraction of sp³-hybridized carbons (Fsp3) is 0.130. The molecule has 0 saturated heterocycles. The largest absolute Gasteiger partial charge is 0.436 e. The summed E-state index contributed by atoms with van der Waals surface area (Å²) in [5.41, 5.74) is 6.66. The second-order valence-corrected chi connectivity index (χ2v) is 7.33. The van der Waals surface area contributed by atoms with Crippen molar-refractivity contribution >= 4 is 34.3 Å². The van der Waals surface area contributed by atoms with Gasteiger partial charge in [-0.3, -0.25) is 4.79 Å². The van der Waals surface area contributed by atoms with Gasteiger partial charge in [0.15, 0.2) is 5.58 Å². The number of hydrogen-bond acceptors (Lipinski definition) is 3. The van der Waals surface area contributed by atoms with Crippen LogP contribution in [0.3, 0.4) is 0 Å². The summed E-state index contributed by atoms with van der Waals surface area (Å²) in [6.45, 7) is 5.96. The first-order valence-electron chi connectivity index (χ1n) is 8.96. The Balaban J connectivity index is 1.61. The SMILES string of the molecule is Cc1ccc(C(=O)Nc2ccc3oc(-c4ccc(C)c(Cl)c4)nc3c2)cc1C. The van der Waals surface area contributed by atoms with Crippen molar-refractivity contribution in [2.45, 2.75) is 20.8 Å². The molecule has 0 bridgehead atoms. The lowest BCUT2D eigenvalue weighted by molar-refractivity contribution is 0.102. The number of aromatic nitrogens is 1. The van der Waals surface area contributed by atoms with E-state index in [1.54, 1.807) is 18.2 Å². The summed E-state index contributed by atoms with van der Waals surface area (Å²) >= 11 is 6.21. The average Bonchev–Trinajstić information content (AvgIpc) is 3.09. The molecule has 4 rings (SSSR count). The number of halogens is 1. The van der Waals surface area contributed by atoms with E-state index in [2.05, 4.69) is 10.3 Å². The van der Waals surface area contributed by atoms with Crippen LogP contribution in [0.2, 0.25) is 5.02 Å². The van der Waals surface area contributed by atoms with Crippen molar-refractivity contribution in [3.8, 4) is 11.5 Å². The van der Waals surface area contributed by atoms with Crippen LogP contribution in [0, 0.1) is 20.8 Å². The minimum Gasteiger partial charge on any atom is -0.436 e. The van der Waals surface area contributed by atoms with Gasteiger partial charge in [-0.15, -0.1) is 0 Å². The van der Waals surface area contributed by atoms with Gasteiger partial charge in [0.1, 0.15) is 5.52 Å². The Kier molecular flexibility index (Phi) is 4.65. The quantitative estimate of drug-likeness (QED) is 0.445. The van der Waals surface area contributed by atoms with Crippen molar-refractivity contribution in [2.24, 2.45) is 0 Å². The summed E-state index contributed by atoms with van der Waals surface area (Å²) in [4.78, 5) is 17.1. The topological polar surface area (TPSA) is 55.1 Å². The zero-order valence-electron chi connectivity index (χ0n) is 15.8. The molecule has 0 aliphatic rings. The van der Waals surface area contributed by atoms with Crippen LogP contribution >= 0.6 is 11.6 Å². The maximum atomic E-state index is 12.5. The second-order valence-electron chi connectivity index (χ2n) is 6.92. The first-order valence-corrected chi connectivity index (χ1v) is 9.34. The molecule has 1 heterocycles. The molecular formula is C23H19ClN2O2.